The number of carbonyl (C=O) groups excluding carboxylic acids is 1. The molecule has 11 nitrogen and oxygen atoms in total. The first kappa shape index (κ1) is 26.0. The average Bonchev–Trinajstić information content (AvgIpc) is 3.41. The van der Waals surface area contributed by atoms with Gasteiger partial charge in [-0.15, -0.1) is 11.3 Å². The molecule has 1 aliphatic rings. The van der Waals surface area contributed by atoms with Crippen molar-refractivity contribution in [3.05, 3.63) is 59.0 Å². The maximum atomic E-state index is 12.3. The van der Waals surface area contributed by atoms with Crippen LogP contribution in [0, 0.1) is 6.92 Å². The van der Waals surface area contributed by atoms with Crippen molar-refractivity contribution in [2.45, 2.75) is 19.6 Å². The van der Waals surface area contributed by atoms with E-state index in [2.05, 4.69) is 20.3 Å². The summed E-state index contributed by atoms with van der Waals surface area (Å²) in [6.45, 7) is 1.85. The van der Waals surface area contributed by atoms with Gasteiger partial charge in [-0.3, -0.25) is 10.3 Å². The molecule has 40 heavy (non-hydrogen) atoms. The number of ether oxygens (including phenoxy) is 4. The van der Waals surface area contributed by atoms with Crippen LogP contribution in [0.2, 0.25) is 5.02 Å². The van der Waals surface area contributed by atoms with Gasteiger partial charge in [0, 0.05) is 23.5 Å². The highest BCUT2D eigenvalue weighted by Gasteiger charge is 2.28. The molecular weight excluding hydrogens is 558 g/mol. The van der Waals surface area contributed by atoms with Gasteiger partial charge >= 0.3 is 6.09 Å². The van der Waals surface area contributed by atoms with Crippen LogP contribution in [-0.4, -0.2) is 57.6 Å². The molecule has 0 spiro atoms. The van der Waals surface area contributed by atoms with Gasteiger partial charge in [0.1, 0.15) is 28.4 Å². The number of nitrogens with one attached hydrogen (secondary N) is 1. The Bertz CT molecular complexity index is 1760. The van der Waals surface area contributed by atoms with Gasteiger partial charge in [0.05, 0.1) is 41.7 Å². The Balaban J connectivity index is 1.22. The summed E-state index contributed by atoms with van der Waals surface area (Å²) < 4.78 is 23.4. The van der Waals surface area contributed by atoms with Crippen LogP contribution in [0.1, 0.15) is 11.3 Å². The summed E-state index contributed by atoms with van der Waals surface area (Å²) in [5.74, 6) is 1.40. The Morgan fingerprint density at radius 1 is 1.23 bits per heavy atom. The number of methoxy groups -OCH3 is 1. The first-order chi connectivity index (χ1) is 19.4. The van der Waals surface area contributed by atoms with Gasteiger partial charge in [-0.25, -0.2) is 19.7 Å². The molecule has 4 heterocycles. The van der Waals surface area contributed by atoms with Crippen LogP contribution in [-0.2, 0) is 11.3 Å². The van der Waals surface area contributed by atoms with Crippen LogP contribution in [0.3, 0.4) is 0 Å². The predicted octanol–water partition coefficient (Wildman–Crippen LogP) is 5.15. The van der Waals surface area contributed by atoms with E-state index in [0.717, 1.165) is 15.8 Å². The van der Waals surface area contributed by atoms with E-state index in [1.165, 1.54) is 17.5 Å². The predicted molar refractivity (Wildman–Crippen MR) is 149 cm³/mol. The monoisotopic (exact) mass is 579 g/mol. The van der Waals surface area contributed by atoms with E-state index >= 15 is 0 Å². The van der Waals surface area contributed by atoms with Gasteiger partial charge in [0.25, 0.3) is 0 Å². The molecular formula is C27H22ClN5O6S. The summed E-state index contributed by atoms with van der Waals surface area (Å²) in [5, 5.41) is 12.9. The van der Waals surface area contributed by atoms with Crippen molar-refractivity contribution in [3.63, 3.8) is 0 Å². The molecule has 3 aromatic heterocycles. The van der Waals surface area contributed by atoms with Gasteiger partial charge in [0.15, 0.2) is 17.6 Å². The zero-order valence-corrected chi connectivity index (χ0v) is 22.9. The lowest BCUT2D eigenvalue weighted by molar-refractivity contribution is 0.0384. The fourth-order valence-corrected chi connectivity index (χ4v) is 5.67. The third kappa shape index (κ3) is 5.04. The first-order valence-electron chi connectivity index (χ1n) is 12.2. The topological polar surface area (TPSA) is 138 Å². The number of amides is 1. The number of aryl methyl sites for hydroxylation is 1. The zero-order chi connectivity index (χ0) is 27.8. The second kappa shape index (κ2) is 10.7. The number of thiazole rings is 1. The number of rotatable bonds is 6. The molecule has 1 aliphatic heterocycles. The molecule has 204 valence electrons. The number of pyridine rings is 1. The Kier molecular flexibility index (Phi) is 6.96. The first-order valence-corrected chi connectivity index (χ1v) is 13.3. The minimum absolute atomic E-state index is 0.0514. The molecule has 2 aromatic carbocycles. The fraction of sp³-hybridized carbons (Fsp3) is 0.222. The molecule has 0 fully saturated rings. The maximum absolute atomic E-state index is 12.3. The van der Waals surface area contributed by atoms with Crippen LogP contribution in [0.25, 0.3) is 31.8 Å². The molecule has 5 aromatic rings. The lowest BCUT2D eigenvalue weighted by atomic mass is 10.1. The number of aliphatic hydroxyl groups excluding tert-OH is 1. The van der Waals surface area contributed by atoms with Crippen molar-refractivity contribution in [2.24, 2.45) is 0 Å². The summed E-state index contributed by atoms with van der Waals surface area (Å²) in [5.41, 5.74) is 4.70. The summed E-state index contributed by atoms with van der Waals surface area (Å²) in [6.07, 6.45) is 1.84. The Morgan fingerprint density at radius 3 is 2.92 bits per heavy atom. The smallest absolute Gasteiger partial charge is 0.411 e. The number of hydrogen-bond donors (Lipinski definition) is 2. The molecule has 6 rings (SSSR count). The number of nitrogens with zero attached hydrogens (tertiary/aromatic N) is 4. The van der Waals surface area contributed by atoms with E-state index in [-0.39, 0.29) is 19.8 Å². The highest BCUT2D eigenvalue weighted by molar-refractivity contribution is 7.22. The van der Waals surface area contributed by atoms with Crippen molar-refractivity contribution >= 4 is 56.0 Å². The third-order valence-corrected chi connectivity index (χ3v) is 7.46. The van der Waals surface area contributed by atoms with Crippen LogP contribution in [0.5, 0.6) is 17.4 Å². The molecule has 0 aliphatic carbocycles. The normalized spacial score (nSPS) is 14.3. The number of hydrogen-bond acceptors (Lipinski definition) is 11. The summed E-state index contributed by atoms with van der Waals surface area (Å²) >= 11 is 8.04. The van der Waals surface area contributed by atoms with Crippen LogP contribution in [0.4, 0.5) is 10.5 Å². The van der Waals surface area contributed by atoms with Crippen molar-refractivity contribution in [2.75, 3.05) is 25.6 Å². The Hall–Kier alpha value is -4.26. The maximum Gasteiger partial charge on any atom is 0.411 e. The van der Waals surface area contributed by atoms with E-state index in [9.17, 15) is 9.90 Å². The van der Waals surface area contributed by atoms with Crippen LogP contribution >= 0.6 is 22.9 Å². The van der Waals surface area contributed by atoms with Crippen LogP contribution in [0.15, 0.2) is 42.7 Å². The summed E-state index contributed by atoms with van der Waals surface area (Å²) in [7, 11) is 1.55. The SMILES string of the molecule is COc1cnc2c(-c3nc4c(Cl)cc5c(c4s3)OC[C@H](COC(=O)Nc3ccnc(CO)c3)O5)cc(C)cc2n1. The van der Waals surface area contributed by atoms with E-state index in [4.69, 9.17) is 35.5 Å². The molecule has 13 heteroatoms. The second-order valence-corrected chi connectivity index (χ2v) is 10.3. The van der Waals surface area contributed by atoms with Crippen LogP contribution < -0.4 is 19.5 Å². The van der Waals surface area contributed by atoms with E-state index in [1.54, 1.807) is 31.5 Å². The largest absolute Gasteiger partial charge is 0.484 e. The van der Waals surface area contributed by atoms with Crippen molar-refractivity contribution in [1.29, 1.82) is 0 Å². The average molecular weight is 580 g/mol. The standard InChI is InChI=1S/C27H22ClN5O6S/c1-13-5-17(22-19(6-13)32-21(36-2)9-30-22)26-33-23-18(28)8-20-24(25(23)40-26)37-11-16(39-20)12-38-27(35)31-14-3-4-29-15(7-14)10-34/h3-9,16,34H,10-12H2,1-2H3,(H,29,31,35)/t16-/m1/s1. The number of halogens is 1. The molecule has 0 bridgehead atoms. The second-order valence-electron chi connectivity index (χ2n) is 8.94. The quantitative estimate of drug-likeness (QED) is 0.277. The third-order valence-electron chi connectivity index (χ3n) is 6.08. The minimum Gasteiger partial charge on any atom is -0.484 e. The number of aliphatic hydroxyl groups is 1. The molecule has 0 unspecified atom stereocenters. The lowest BCUT2D eigenvalue weighted by Gasteiger charge is -2.26. The number of anilines is 1. The highest BCUT2D eigenvalue weighted by Crippen LogP contribution is 2.47. The van der Waals surface area contributed by atoms with Crippen molar-refractivity contribution in [1.82, 2.24) is 19.9 Å². The number of fused-ring (bicyclic) bond motifs is 4. The number of carbonyl (C=O) groups is 1. The lowest BCUT2D eigenvalue weighted by Crippen LogP contribution is -2.35. The zero-order valence-electron chi connectivity index (χ0n) is 21.3. The van der Waals surface area contributed by atoms with Gasteiger partial charge in [-0.1, -0.05) is 11.6 Å². The van der Waals surface area contributed by atoms with E-state index < -0.39 is 12.2 Å². The number of benzene rings is 2. The Labute approximate surface area is 236 Å². The Morgan fingerprint density at radius 2 is 2.10 bits per heavy atom. The highest BCUT2D eigenvalue weighted by atomic mass is 35.5. The van der Waals surface area contributed by atoms with Crippen molar-refractivity contribution in [3.8, 4) is 28.0 Å². The van der Waals surface area contributed by atoms with E-state index in [0.29, 0.717) is 55.3 Å². The molecule has 0 radical (unpaired) electrons. The minimum atomic E-state index is -0.670. The van der Waals surface area contributed by atoms with Gasteiger partial charge in [-0.05, 0) is 36.8 Å². The van der Waals surface area contributed by atoms with Gasteiger partial charge in [0.2, 0.25) is 5.88 Å². The van der Waals surface area contributed by atoms with Crippen molar-refractivity contribution < 1.29 is 28.8 Å². The molecule has 1 atom stereocenters. The number of aromatic nitrogens is 4. The van der Waals surface area contributed by atoms with Gasteiger partial charge < -0.3 is 24.1 Å². The molecule has 0 saturated carbocycles. The molecule has 0 saturated heterocycles. The molecule has 2 N–H and O–H groups in total. The van der Waals surface area contributed by atoms with E-state index in [1.807, 2.05) is 19.1 Å². The molecule has 1 amide bonds. The summed E-state index contributed by atoms with van der Waals surface area (Å²) in [4.78, 5) is 30.1. The fourth-order valence-electron chi connectivity index (χ4n) is 4.28. The van der Waals surface area contributed by atoms with Gasteiger partial charge in [-0.2, -0.15) is 0 Å². The summed E-state index contributed by atoms with van der Waals surface area (Å²) in [6, 6.07) is 8.75.